The van der Waals surface area contributed by atoms with Crippen molar-refractivity contribution < 1.29 is 23.9 Å². The second-order valence-corrected chi connectivity index (χ2v) is 11.7. The predicted octanol–water partition coefficient (Wildman–Crippen LogP) is 3.27. The number of carbonyl (C=O) groups excluding carboxylic acids is 3. The Bertz CT molecular complexity index is 1050. The lowest BCUT2D eigenvalue weighted by Gasteiger charge is -2.51. The second-order valence-electron chi connectivity index (χ2n) is 11.7. The maximum atomic E-state index is 13.0. The van der Waals surface area contributed by atoms with Crippen molar-refractivity contribution in [2.45, 2.75) is 95.0 Å². The molecule has 1 unspecified atom stereocenters. The highest BCUT2D eigenvalue weighted by Gasteiger charge is 2.43. The van der Waals surface area contributed by atoms with E-state index in [1.54, 1.807) is 4.90 Å². The molecule has 8 heteroatoms. The number of nitrogens with zero attached hydrogens (tertiary/aromatic N) is 2. The van der Waals surface area contributed by atoms with Gasteiger partial charge in [0.25, 0.3) is 5.91 Å². The standard InChI is InChI=1S/C29H39N3O5/c1-36-21-8-6-18(7-9-21)20-15-31(16-20)24-4-2-3-5-26(24)37-22-10-11-23-19(14-22)17-32(29(23)35)25-12-13-27(33)30-28(25)34/h10-11,14,18,20-21,24-26H,2-9,12-13,15-17H2,1H3,(H,30,33,34)/t18?,21?,24-,25?,26-/m1/s1. The van der Waals surface area contributed by atoms with E-state index in [9.17, 15) is 14.4 Å². The monoisotopic (exact) mass is 509 g/mol. The van der Waals surface area contributed by atoms with Crippen molar-refractivity contribution in [3.05, 3.63) is 29.3 Å². The van der Waals surface area contributed by atoms with Gasteiger partial charge >= 0.3 is 0 Å². The molecule has 4 fully saturated rings. The number of piperidine rings is 1. The van der Waals surface area contributed by atoms with Gasteiger partial charge in [-0.05, 0) is 87.0 Å². The van der Waals surface area contributed by atoms with Crippen LogP contribution in [0.1, 0.15) is 80.1 Å². The van der Waals surface area contributed by atoms with Gasteiger partial charge in [0.2, 0.25) is 11.8 Å². The molecule has 6 rings (SSSR count). The van der Waals surface area contributed by atoms with Gasteiger partial charge in [0, 0.05) is 44.8 Å². The Morgan fingerprint density at radius 3 is 2.46 bits per heavy atom. The lowest BCUT2D eigenvalue weighted by atomic mass is 9.74. The number of benzene rings is 1. The van der Waals surface area contributed by atoms with Gasteiger partial charge < -0.3 is 14.4 Å². The molecule has 2 aliphatic carbocycles. The third-order valence-corrected chi connectivity index (χ3v) is 9.58. The van der Waals surface area contributed by atoms with Gasteiger partial charge in [-0.3, -0.25) is 24.6 Å². The van der Waals surface area contributed by atoms with E-state index in [4.69, 9.17) is 9.47 Å². The number of likely N-dealkylation sites (tertiary alicyclic amines) is 1. The van der Waals surface area contributed by atoms with Crippen LogP contribution in [0.15, 0.2) is 18.2 Å². The van der Waals surface area contributed by atoms with E-state index in [2.05, 4.69) is 10.2 Å². The van der Waals surface area contributed by atoms with Crippen LogP contribution in [0, 0.1) is 11.8 Å². The first kappa shape index (κ1) is 24.9. The SMILES string of the molecule is COC1CCC(C2CN([C@@H]3CCCC[C@H]3Oc3ccc4c(c3)CN(C3CCC(=O)NC3=O)C4=O)C2)CC1. The molecule has 3 atom stereocenters. The lowest BCUT2D eigenvalue weighted by molar-refractivity contribution is -0.136. The van der Waals surface area contributed by atoms with E-state index >= 15 is 0 Å². The van der Waals surface area contributed by atoms with E-state index < -0.39 is 6.04 Å². The van der Waals surface area contributed by atoms with Crippen molar-refractivity contribution >= 4 is 17.7 Å². The van der Waals surface area contributed by atoms with E-state index in [-0.39, 0.29) is 30.2 Å². The van der Waals surface area contributed by atoms with E-state index in [0.717, 1.165) is 29.6 Å². The summed E-state index contributed by atoms with van der Waals surface area (Å²) in [6.07, 6.45) is 10.9. The van der Waals surface area contributed by atoms with Crippen LogP contribution in [-0.2, 0) is 20.9 Å². The van der Waals surface area contributed by atoms with Crippen LogP contribution >= 0.6 is 0 Å². The molecule has 5 aliphatic rings. The van der Waals surface area contributed by atoms with Crippen LogP contribution in [0.5, 0.6) is 5.75 Å². The summed E-state index contributed by atoms with van der Waals surface area (Å²) in [6, 6.07) is 5.59. The molecular weight excluding hydrogens is 470 g/mol. The molecule has 0 radical (unpaired) electrons. The number of ether oxygens (including phenoxy) is 2. The molecular formula is C29H39N3O5. The third kappa shape index (κ3) is 4.90. The first-order valence-electron chi connectivity index (χ1n) is 14.2. The van der Waals surface area contributed by atoms with Crippen LogP contribution < -0.4 is 10.1 Å². The molecule has 3 heterocycles. The van der Waals surface area contributed by atoms with Crippen LogP contribution in [0.4, 0.5) is 0 Å². The molecule has 1 aromatic carbocycles. The summed E-state index contributed by atoms with van der Waals surface area (Å²) >= 11 is 0. The molecule has 3 amide bonds. The number of rotatable bonds is 6. The Balaban J connectivity index is 1.07. The lowest BCUT2D eigenvalue weighted by Crippen LogP contribution is -2.59. The molecule has 37 heavy (non-hydrogen) atoms. The van der Waals surface area contributed by atoms with E-state index in [0.29, 0.717) is 30.7 Å². The summed E-state index contributed by atoms with van der Waals surface area (Å²) in [5.41, 5.74) is 1.53. The molecule has 1 N–H and O–H groups in total. The van der Waals surface area contributed by atoms with Crippen molar-refractivity contribution in [2.75, 3.05) is 20.2 Å². The topological polar surface area (TPSA) is 88.2 Å². The normalized spacial score (nSPS) is 33.2. The van der Waals surface area contributed by atoms with E-state index in [1.165, 1.54) is 58.0 Å². The van der Waals surface area contributed by atoms with Gasteiger partial charge in [-0.15, -0.1) is 0 Å². The molecule has 0 aromatic heterocycles. The van der Waals surface area contributed by atoms with Gasteiger partial charge in [-0.1, -0.05) is 6.42 Å². The second kappa shape index (κ2) is 10.4. The number of hydrogen-bond acceptors (Lipinski definition) is 6. The molecule has 8 nitrogen and oxygen atoms in total. The number of amides is 3. The summed E-state index contributed by atoms with van der Waals surface area (Å²) < 4.78 is 12.2. The van der Waals surface area contributed by atoms with Crippen LogP contribution in [0.25, 0.3) is 0 Å². The number of nitrogens with one attached hydrogen (secondary N) is 1. The average Bonchev–Trinajstić information content (AvgIpc) is 3.20. The number of imide groups is 1. The van der Waals surface area contributed by atoms with Crippen molar-refractivity contribution in [3.63, 3.8) is 0 Å². The molecule has 3 aliphatic heterocycles. The molecule has 2 saturated carbocycles. The first-order chi connectivity index (χ1) is 18.0. The third-order valence-electron chi connectivity index (χ3n) is 9.58. The van der Waals surface area contributed by atoms with E-state index in [1.807, 2.05) is 25.3 Å². The quantitative estimate of drug-likeness (QED) is 0.593. The highest BCUT2D eigenvalue weighted by molar-refractivity contribution is 6.05. The minimum Gasteiger partial charge on any atom is -0.489 e. The van der Waals surface area contributed by atoms with Gasteiger partial charge in [0.05, 0.1) is 6.10 Å². The van der Waals surface area contributed by atoms with Crippen molar-refractivity contribution in [2.24, 2.45) is 11.8 Å². The fraction of sp³-hybridized carbons (Fsp3) is 0.690. The number of carbonyl (C=O) groups is 3. The summed E-state index contributed by atoms with van der Waals surface area (Å²) in [5, 5.41) is 2.37. The number of methoxy groups -OCH3 is 1. The van der Waals surface area contributed by atoms with Crippen molar-refractivity contribution in [1.29, 1.82) is 0 Å². The maximum Gasteiger partial charge on any atom is 0.255 e. The van der Waals surface area contributed by atoms with Crippen LogP contribution in [0.2, 0.25) is 0 Å². The molecule has 0 bridgehead atoms. The Morgan fingerprint density at radius 2 is 1.70 bits per heavy atom. The minimum absolute atomic E-state index is 0.141. The minimum atomic E-state index is -0.589. The van der Waals surface area contributed by atoms with Gasteiger partial charge in [0.1, 0.15) is 17.9 Å². The largest absolute Gasteiger partial charge is 0.489 e. The summed E-state index contributed by atoms with van der Waals surface area (Å²) in [5.74, 6) is 1.67. The predicted molar refractivity (Wildman–Crippen MR) is 137 cm³/mol. The zero-order valence-electron chi connectivity index (χ0n) is 21.8. The maximum absolute atomic E-state index is 13.0. The number of hydrogen-bond donors (Lipinski definition) is 1. The Kier molecular flexibility index (Phi) is 6.97. The summed E-state index contributed by atoms with van der Waals surface area (Å²) in [6.45, 7) is 2.75. The molecule has 200 valence electrons. The van der Waals surface area contributed by atoms with Gasteiger partial charge in [0.15, 0.2) is 0 Å². The number of fused-ring (bicyclic) bond motifs is 1. The smallest absolute Gasteiger partial charge is 0.255 e. The van der Waals surface area contributed by atoms with Gasteiger partial charge in [-0.25, -0.2) is 0 Å². The zero-order valence-corrected chi connectivity index (χ0v) is 21.8. The Hall–Kier alpha value is -2.45. The van der Waals surface area contributed by atoms with Gasteiger partial charge in [-0.2, -0.15) is 0 Å². The highest BCUT2D eigenvalue weighted by Crippen LogP contribution is 2.39. The summed E-state index contributed by atoms with van der Waals surface area (Å²) in [4.78, 5) is 41.1. The fourth-order valence-electron chi connectivity index (χ4n) is 7.34. The van der Waals surface area contributed by atoms with Crippen molar-refractivity contribution in [3.8, 4) is 5.75 Å². The van der Waals surface area contributed by atoms with Crippen molar-refractivity contribution in [1.82, 2.24) is 15.1 Å². The molecule has 0 spiro atoms. The summed E-state index contributed by atoms with van der Waals surface area (Å²) in [7, 11) is 1.84. The molecule has 1 aromatic rings. The zero-order chi connectivity index (χ0) is 25.5. The highest BCUT2D eigenvalue weighted by atomic mass is 16.5. The Labute approximate surface area is 219 Å². The fourth-order valence-corrected chi connectivity index (χ4v) is 7.34. The first-order valence-corrected chi connectivity index (χ1v) is 14.2. The van der Waals surface area contributed by atoms with Crippen LogP contribution in [-0.4, -0.2) is 72.0 Å². The molecule has 2 saturated heterocycles. The average molecular weight is 510 g/mol. The van der Waals surface area contributed by atoms with Crippen LogP contribution in [0.3, 0.4) is 0 Å². The Morgan fingerprint density at radius 1 is 0.919 bits per heavy atom.